The van der Waals surface area contributed by atoms with Crippen LogP contribution >= 0.6 is 0 Å². The van der Waals surface area contributed by atoms with Crippen LogP contribution in [0.25, 0.3) is 0 Å². The van der Waals surface area contributed by atoms with Crippen molar-refractivity contribution >= 4 is 17.7 Å². The van der Waals surface area contributed by atoms with Crippen LogP contribution in [0, 0.1) is 6.92 Å². The molecule has 2 fully saturated rings. The van der Waals surface area contributed by atoms with E-state index in [9.17, 15) is 14.4 Å². The lowest BCUT2D eigenvalue weighted by molar-refractivity contribution is -0.128. The minimum atomic E-state index is -0.993. The van der Waals surface area contributed by atoms with Gasteiger partial charge in [0.2, 0.25) is 5.91 Å². The summed E-state index contributed by atoms with van der Waals surface area (Å²) in [5.41, 5.74) is 1.81. The highest BCUT2D eigenvalue weighted by molar-refractivity contribution is 5.99. The third-order valence-corrected chi connectivity index (χ3v) is 7.39. The monoisotopic (exact) mass is 528 g/mol. The Morgan fingerprint density at radius 3 is 2.44 bits per heavy atom. The molecule has 1 atom stereocenters. The smallest absolute Gasteiger partial charge is 0.256 e. The summed E-state index contributed by atoms with van der Waals surface area (Å²) in [6.45, 7) is 3.08. The van der Waals surface area contributed by atoms with Gasteiger partial charge in [0.25, 0.3) is 11.8 Å². The maximum Gasteiger partial charge on any atom is 0.256 e. The number of nitrogens with one attached hydrogen (secondary N) is 1. The first-order valence-electron chi connectivity index (χ1n) is 13.1. The largest absolute Gasteiger partial charge is 0.497 e. The van der Waals surface area contributed by atoms with Crippen LogP contribution in [0.1, 0.15) is 44.8 Å². The molecule has 39 heavy (non-hydrogen) atoms. The van der Waals surface area contributed by atoms with Crippen molar-refractivity contribution in [2.24, 2.45) is 0 Å². The summed E-state index contributed by atoms with van der Waals surface area (Å²) < 4.78 is 11.5. The molecule has 0 aliphatic carbocycles. The van der Waals surface area contributed by atoms with E-state index in [2.05, 4.69) is 10.3 Å². The molecule has 0 bridgehead atoms. The van der Waals surface area contributed by atoms with Gasteiger partial charge in [-0.25, -0.2) is 0 Å². The van der Waals surface area contributed by atoms with Gasteiger partial charge in [-0.15, -0.1) is 0 Å². The van der Waals surface area contributed by atoms with Gasteiger partial charge in [-0.05, 0) is 55.5 Å². The summed E-state index contributed by atoms with van der Waals surface area (Å²) in [5, 5.41) is 2.91. The van der Waals surface area contributed by atoms with Crippen molar-refractivity contribution in [1.82, 2.24) is 20.1 Å². The van der Waals surface area contributed by atoms with E-state index in [1.165, 1.54) is 0 Å². The molecule has 1 unspecified atom stereocenters. The minimum absolute atomic E-state index is 0.0516. The molecular formula is C30H32N4O5. The minimum Gasteiger partial charge on any atom is -0.497 e. The van der Waals surface area contributed by atoms with Gasteiger partial charge in [0.05, 0.1) is 26.0 Å². The number of carbonyl (C=O) groups is 3. The van der Waals surface area contributed by atoms with E-state index in [0.717, 1.165) is 11.3 Å². The average Bonchev–Trinajstić information content (AvgIpc) is 3.34. The SMILES string of the molecule is COc1ccc(C(=O)N2C(C(=O)NCc3ccccn3)COC23CCN(C(=O)c2cccc(C)c2)CC3)cc1. The molecule has 2 saturated heterocycles. The van der Waals surface area contributed by atoms with Crippen LogP contribution in [-0.4, -0.2) is 71.1 Å². The number of ether oxygens (including phenoxy) is 2. The zero-order valence-electron chi connectivity index (χ0n) is 22.1. The molecule has 0 saturated carbocycles. The second-order valence-electron chi connectivity index (χ2n) is 9.88. The molecule has 2 aromatic carbocycles. The van der Waals surface area contributed by atoms with E-state index < -0.39 is 11.8 Å². The Balaban J connectivity index is 1.36. The molecule has 202 valence electrons. The van der Waals surface area contributed by atoms with Gasteiger partial charge in [0.1, 0.15) is 17.5 Å². The lowest BCUT2D eigenvalue weighted by Crippen LogP contribution is -2.59. The van der Waals surface area contributed by atoms with Crippen LogP contribution in [0.2, 0.25) is 0 Å². The number of benzene rings is 2. The van der Waals surface area contributed by atoms with Crippen molar-refractivity contribution in [3.8, 4) is 5.75 Å². The van der Waals surface area contributed by atoms with Crippen LogP contribution in [0.5, 0.6) is 5.75 Å². The van der Waals surface area contributed by atoms with Crippen molar-refractivity contribution in [2.75, 3.05) is 26.8 Å². The normalized spacial score (nSPS) is 18.2. The highest BCUT2D eigenvalue weighted by Crippen LogP contribution is 2.39. The van der Waals surface area contributed by atoms with E-state index in [0.29, 0.717) is 42.8 Å². The van der Waals surface area contributed by atoms with Gasteiger partial charge >= 0.3 is 0 Å². The Kier molecular flexibility index (Phi) is 7.60. The summed E-state index contributed by atoms with van der Waals surface area (Å²) in [7, 11) is 1.56. The van der Waals surface area contributed by atoms with Crippen molar-refractivity contribution in [1.29, 1.82) is 0 Å². The number of pyridine rings is 1. The van der Waals surface area contributed by atoms with E-state index in [1.807, 2.05) is 49.4 Å². The lowest BCUT2D eigenvalue weighted by atomic mass is 9.96. The molecule has 5 rings (SSSR count). The number of amides is 3. The highest BCUT2D eigenvalue weighted by atomic mass is 16.5. The second-order valence-corrected chi connectivity index (χ2v) is 9.88. The fourth-order valence-electron chi connectivity index (χ4n) is 5.26. The molecule has 3 heterocycles. The number of nitrogens with zero attached hydrogens (tertiary/aromatic N) is 3. The molecule has 3 amide bonds. The quantitative estimate of drug-likeness (QED) is 0.528. The van der Waals surface area contributed by atoms with Gasteiger partial charge in [-0.1, -0.05) is 23.8 Å². The molecule has 9 nitrogen and oxygen atoms in total. The first-order valence-corrected chi connectivity index (χ1v) is 13.1. The second kappa shape index (κ2) is 11.2. The summed E-state index contributed by atoms with van der Waals surface area (Å²) in [5.74, 6) is -0.0277. The number of aryl methyl sites for hydroxylation is 1. The van der Waals surface area contributed by atoms with Crippen LogP contribution in [0.3, 0.4) is 0 Å². The first kappa shape index (κ1) is 26.4. The number of methoxy groups -OCH3 is 1. The zero-order valence-corrected chi connectivity index (χ0v) is 22.1. The van der Waals surface area contributed by atoms with Gasteiger partial charge in [0.15, 0.2) is 0 Å². The predicted molar refractivity (Wildman–Crippen MR) is 144 cm³/mol. The number of rotatable bonds is 6. The summed E-state index contributed by atoms with van der Waals surface area (Å²) >= 11 is 0. The van der Waals surface area contributed by atoms with Gasteiger partial charge in [-0.2, -0.15) is 0 Å². The topological polar surface area (TPSA) is 101 Å². The molecule has 0 radical (unpaired) electrons. The molecule has 1 spiro atoms. The molecule has 1 aromatic heterocycles. The first-order chi connectivity index (χ1) is 18.9. The molecule has 3 aromatic rings. The fraction of sp³-hybridized carbons (Fsp3) is 0.333. The van der Waals surface area contributed by atoms with Crippen molar-refractivity contribution in [3.63, 3.8) is 0 Å². The number of hydrogen-bond acceptors (Lipinski definition) is 6. The fourth-order valence-corrected chi connectivity index (χ4v) is 5.26. The summed E-state index contributed by atoms with van der Waals surface area (Å²) in [4.78, 5) is 48.1. The van der Waals surface area contributed by atoms with Crippen LogP contribution < -0.4 is 10.1 Å². The van der Waals surface area contributed by atoms with Gasteiger partial charge in [0, 0.05) is 43.3 Å². The van der Waals surface area contributed by atoms with Crippen molar-refractivity contribution < 1.29 is 23.9 Å². The van der Waals surface area contributed by atoms with Crippen LogP contribution in [0.15, 0.2) is 72.9 Å². The molecule has 1 N–H and O–H groups in total. The van der Waals surface area contributed by atoms with Gasteiger partial charge in [-0.3, -0.25) is 24.3 Å². The lowest BCUT2D eigenvalue weighted by Gasteiger charge is -2.44. The maximum atomic E-state index is 13.9. The molecule has 9 heteroatoms. The average molecular weight is 529 g/mol. The van der Waals surface area contributed by atoms with E-state index in [-0.39, 0.29) is 30.9 Å². The Morgan fingerprint density at radius 1 is 1.00 bits per heavy atom. The Labute approximate surface area is 227 Å². The van der Waals surface area contributed by atoms with Crippen LogP contribution in [-0.2, 0) is 16.1 Å². The predicted octanol–water partition coefficient (Wildman–Crippen LogP) is 3.19. The standard InChI is InChI=1S/C30H32N4O5/c1-21-6-5-7-23(18-21)28(36)33-16-13-30(14-17-33)34(29(37)22-9-11-25(38-2)12-10-22)26(20-39-30)27(35)32-19-24-8-3-4-15-31-24/h3-12,15,18,26H,13-14,16-17,19-20H2,1-2H3,(H,32,35). The number of carbonyl (C=O) groups excluding carboxylic acids is 3. The summed E-state index contributed by atoms with van der Waals surface area (Å²) in [6, 6.07) is 19.0. The molecule has 2 aliphatic rings. The zero-order chi connectivity index (χ0) is 27.4. The molecular weight excluding hydrogens is 496 g/mol. The number of piperidine rings is 1. The van der Waals surface area contributed by atoms with Gasteiger partial charge < -0.3 is 19.7 Å². The maximum absolute atomic E-state index is 13.9. The van der Waals surface area contributed by atoms with Crippen molar-refractivity contribution in [2.45, 2.75) is 38.1 Å². The third kappa shape index (κ3) is 5.49. The summed E-state index contributed by atoms with van der Waals surface area (Å²) in [6.07, 6.45) is 2.47. The number of aromatic nitrogens is 1. The molecule has 2 aliphatic heterocycles. The van der Waals surface area contributed by atoms with E-state index in [4.69, 9.17) is 9.47 Å². The Bertz CT molecular complexity index is 1340. The number of likely N-dealkylation sites (tertiary alicyclic amines) is 1. The number of hydrogen-bond donors (Lipinski definition) is 1. The Morgan fingerprint density at radius 2 is 1.77 bits per heavy atom. The highest BCUT2D eigenvalue weighted by Gasteiger charge is 2.54. The van der Waals surface area contributed by atoms with Crippen LogP contribution in [0.4, 0.5) is 0 Å². The van der Waals surface area contributed by atoms with Crippen molar-refractivity contribution in [3.05, 3.63) is 95.3 Å². The Hall–Kier alpha value is -4.24. The van der Waals surface area contributed by atoms with E-state index in [1.54, 1.807) is 47.4 Å². The third-order valence-electron chi connectivity index (χ3n) is 7.39. The van der Waals surface area contributed by atoms with E-state index >= 15 is 0 Å².